The van der Waals surface area contributed by atoms with Crippen molar-refractivity contribution >= 4 is 11.9 Å². The van der Waals surface area contributed by atoms with Crippen molar-refractivity contribution < 1.29 is 29.6 Å². The van der Waals surface area contributed by atoms with Crippen LogP contribution in [0.1, 0.15) is 48.3 Å². The lowest BCUT2D eigenvalue weighted by Crippen LogP contribution is -2.57. The molecule has 1 amide bonds. The number of aliphatic carboxylic acids is 1. The summed E-state index contributed by atoms with van der Waals surface area (Å²) in [7, 11) is 1.48. The maximum atomic E-state index is 13.0. The van der Waals surface area contributed by atoms with Gasteiger partial charge in [0.2, 0.25) is 0 Å². The Morgan fingerprint density at radius 3 is 2.38 bits per heavy atom. The Labute approximate surface area is 229 Å². The number of piperazine rings is 1. The van der Waals surface area contributed by atoms with Gasteiger partial charge >= 0.3 is 5.97 Å². The number of benzene rings is 2. The largest absolute Gasteiger partial charge is 0.508 e. The number of carbonyl (C=O) groups excluding carboxylic acids is 1. The van der Waals surface area contributed by atoms with E-state index in [2.05, 4.69) is 36.6 Å². The van der Waals surface area contributed by atoms with Crippen LogP contribution >= 0.6 is 0 Å². The molecule has 9 nitrogen and oxygen atoms in total. The molecule has 2 aromatic rings. The van der Waals surface area contributed by atoms with Crippen LogP contribution < -0.4 is 0 Å². The SMILES string of the molecule is CC1C=C(CN2C[C@H](C)N([C@@H](c3cccc(O)c3)c3cccc(C(=O)N(C)CC(=O)O)c3)C[C@H]2C)OC1CO. The third-order valence-corrected chi connectivity index (χ3v) is 7.73. The van der Waals surface area contributed by atoms with E-state index >= 15 is 0 Å². The van der Waals surface area contributed by atoms with Crippen molar-refractivity contribution in [2.45, 2.75) is 45.0 Å². The Morgan fingerprint density at radius 2 is 1.74 bits per heavy atom. The van der Waals surface area contributed by atoms with Gasteiger partial charge in [-0.15, -0.1) is 0 Å². The lowest BCUT2D eigenvalue weighted by atomic mass is 9.92. The van der Waals surface area contributed by atoms with Gasteiger partial charge in [0.25, 0.3) is 5.91 Å². The molecule has 0 aromatic heterocycles. The molecule has 0 saturated carbocycles. The van der Waals surface area contributed by atoms with Gasteiger partial charge in [-0.3, -0.25) is 19.4 Å². The van der Waals surface area contributed by atoms with Crippen molar-refractivity contribution in [3.8, 4) is 5.75 Å². The lowest BCUT2D eigenvalue weighted by Gasteiger charge is -2.47. The highest BCUT2D eigenvalue weighted by molar-refractivity contribution is 5.95. The van der Waals surface area contributed by atoms with E-state index in [9.17, 15) is 19.8 Å². The number of aliphatic hydroxyl groups excluding tert-OH is 1. The number of ether oxygens (including phenoxy) is 1. The fourth-order valence-electron chi connectivity index (χ4n) is 5.65. The summed E-state index contributed by atoms with van der Waals surface area (Å²) in [5, 5.41) is 29.0. The normalized spacial score (nSPS) is 24.6. The number of aromatic hydroxyl groups is 1. The molecule has 2 aliphatic heterocycles. The van der Waals surface area contributed by atoms with Crippen molar-refractivity contribution in [3.63, 3.8) is 0 Å². The smallest absolute Gasteiger partial charge is 0.323 e. The molecule has 3 N–H and O–H groups in total. The number of carboxylic acid groups (broad SMARTS) is 1. The van der Waals surface area contributed by atoms with Crippen LogP contribution in [0.3, 0.4) is 0 Å². The van der Waals surface area contributed by atoms with Crippen LogP contribution in [0.2, 0.25) is 0 Å². The number of carbonyl (C=O) groups is 2. The summed E-state index contributed by atoms with van der Waals surface area (Å²) in [5.41, 5.74) is 2.22. The van der Waals surface area contributed by atoms with Gasteiger partial charge in [-0.2, -0.15) is 0 Å². The first-order valence-corrected chi connectivity index (χ1v) is 13.4. The Kier molecular flexibility index (Phi) is 8.94. The molecule has 2 unspecified atom stereocenters. The van der Waals surface area contributed by atoms with Gasteiger partial charge in [-0.05, 0) is 55.3 Å². The van der Waals surface area contributed by atoms with Crippen molar-refractivity contribution in [3.05, 3.63) is 77.1 Å². The number of phenols is 1. The highest BCUT2D eigenvalue weighted by Crippen LogP contribution is 2.35. The fourth-order valence-corrected chi connectivity index (χ4v) is 5.65. The summed E-state index contributed by atoms with van der Waals surface area (Å²) < 4.78 is 5.97. The Bertz CT molecular complexity index is 1220. The zero-order valence-corrected chi connectivity index (χ0v) is 23.0. The lowest BCUT2D eigenvalue weighted by molar-refractivity contribution is -0.137. The van der Waals surface area contributed by atoms with Crippen LogP contribution in [-0.4, -0.2) is 99.9 Å². The average Bonchev–Trinajstić information content (AvgIpc) is 3.25. The van der Waals surface area contributed by atoms with Crippen molar-refractivity contribution in [1.82, 2.24) is 14.7 Å². The number of rotatable bonds is 9. The molecule has 4 rings (SSSR count). The highest BCUT2D eigenvalue weighted by Gasteiger charge is 2.36. The number of hydrogen-bond donors (Lipinski definition) is 3. The van der Waals surface area contributed by atoms with Crippen LogP contribution in [0.5, 0.6) is 5.75 Å². The number of likely N-dealkylation sites (N-methyl/N-ethyl adjacent to an activating group) is 1. The number of amides is 1. The van der Waals surface area contributed by atoms with Crippen molar-refractivity contribution in [2.75, 3.05) is 39.8 Å². The molecule has 5 atom stereocenters. The maximum Gasteiger partial charge on any atom is 0.323 e. The number of hydrogen-bond acceptors (Lipinski definition) is 7. The monoisotopic (exact) mass is 537 g/mol. The molecule has 0 aliphatic carbocycles. The molecule has 210 valence electrons. The van der Waals surface area contributed by atoms with E-state index in [1.54, 1.807) is 18.2 Å². The van der Waals surface area contributed by atoms with Gasteiger partial charge in [-0.25, -0.2) is 0 Å². The quantitative estimate of drug-likeness (QED) is 0.448. The van der Waals surface area contributed by atoms with E-state index < -0.39 is 5.97 Å². The third kappa shape index (κ3) is 6.61. The summed E-state index contributed by atoms with van der Waals surface area (Å²) in [4.78, 5) is 30.1. The molecular formula is C30H39N3O6. The highest BCUT2D eigenvalue weighted by atomic mass is 16.5. The van der Waals surface area contributed by atoms with E-state index in [-0.39, 0.29) is 55.0 Å². The Hall–Kier alpha value is -3.40. The van der Waals surface area contributed by atoms with E-state index in [1.165, 1.54) is 11.9 Å². The first kappa shape index (κ1) is 28.6. The number of carboxylic acids is 1. The van der Waals surface area contributed by atoms with Crippen LogP contribution in [0.25, 0.3) is 0 Å². The molecule has 2 aromatic carbocycles. The molecule has 0 spiro atoms. The van der Waals surface area contributed by atoms with Crippen LogP contribution in [-0.2, 0) is 9.53 Å². The number of nitrogens with zero attached hydrogens (tertiary/aromatic N) is 3. The molecular weight excluding hydrogens is 498 g/mol. The first-order valence-electron chi connectivity index (χ1n) is 13.4. The van der Waals surface area contributed by atoms with E-state index in [4.69, 9.17) is 9.84 Å². The van der Waals surface area contributed by atoms with E-state index in [0.29, 0.717) is 12.1 Å². The van der Waals surface area contributed by atoms with Gasteiger partial charge in [-0.1, -0.05) is 31.2 Å². The average molecular weight is 538 g/mol. The summed E-state index contributed by atoms with van der Waals surface area (Å²) in [6.45, 7) is 8.23. The second-order valence-electron chi connectivity index (χ2n) is 10.8. The summed E-state index contributed by atoms with van der Waals surface area (Å²) in [6, 6.07) is 14.6. The van der Waals surface area contributed by atoms with Crippen molar-refractivity contribution in [1.29, 1.82) is 0 Å². The molecule has 1 fully saturated rings. The topological polar surface area (TPSA) is 114 Å². The standard InChI is InChI=1S/C30H39N3O6/c1-19-11-26(39-27(19)18-34)16-32-14-21(3)33(15-20(32)2)29(23-8-6-10-25(35)13-23)22-7-5-9-24(12-22)30(38)31(4)17-28(36)37/h5-13,19-21,27,29,34-35H,14-18H2,1-4H3,(H,36,37)/t19?,20-,21+,27?,29-/m1/s1. The van der Waals surface area contributed by atoms with Gasteiger partial charge in [0.1, 0.15) is 24.2 Å². The molecule has 0 bridgehead atoms. The minimum absolute atomic E-state index is 0.000166. The summed E-state index contributed by atoms with van der Waals surface area (Å²) in [5.74, 6) is -0.182. The zero-order chi connectivity index (χ0) is 28.3. The fraction of sp³-hybridized carbons (Fsp3) is 0.467. The predicted octanol–water partition coefficient (Wildman–Crippen LogP) is 2.94. The summed E-state index contributed by atoms with van der Waals surface area (Å²) >= 11 is 0. The second-order valence-corrected chi connectivity index (χ2v) is 10.8. The summed E-state index contributed by atoms with van der Waals surface area (Å²) in [6.07, 6.45) is 1.91. The van der Waals surface area contributed by atoms with E-state index in [0.717, 1.165) is 30.0 Å². The van der Waals surface area contributed by atoms with Gasteiger partial charge in [0.15, 0.2) is 0 Å². The van der Waals surface area contributed by atoms with Gasteiger partial charge in [0.05, 0.1) is 19.2 Å². The molecule has 1 saturated heterocycles. The molecule has 39 heavy (non-hydrogen) atoms. The van der Waals surface area contributed by atoms with Crippen molar-refractivity contribution in [2.24, 2.45) is 5.92 Å². The first-order chi connectivity index (χ1) is 18.6. The van der Waals surface area contributed by atoms with Crippen LogP contribution in [0.15, 0.2) is 60.4 Å². The minimum atomic E-state index is -1.07. The second kappa shape index (κ2) is 12.2. The molecule has 0 radical (unpaired) electrons. The zero-order valence-electron chi connectivity index (χ0n) is 23.0. The number of phenolic OH excluding ortho intramolecular Hbond substituents is 1. The minimum Gasteiger partial charge on any atom is -0.508 e. The van der Waals surface area contributed by atoms with Gasteiger partial charge < -0.3 is 25.0 Å². The Balaban J connectivity index is 1.61. The molecule has 2 heterocycles. The molecule has 9 heteroatoms. The molecule has 2 aliphatic rings. The van der Waals surface area contributed by atoms with Gasteiger partial charge in [0, 0.05) is 43.7 Å². The predicted molar refractivity (Wildman–Crippen MR) is 147 cm³/mol. The van der Waals surface area contributed by atoms with E-state index in [1.807, 2.05) is 30.3 Å². The van der Waals surface area contributed by atoms with Crippen LogP contribution in [0, 0.1) is 5.92 Å². The third-order valence-electron chi connectivity index (χ3n) is 7.73. The maximum absolute atomic E-state index is 13.0. The van der Waals surface area contributed by atoms with Crippen LogP contribution in [0.4, 0.5) is 0 Å². The Morgan fingerprint density at radius 1 is 1.05 bits per heavy atom. The number of aliphatic hydroxyl groups is 1.